The minimum Gasteiger partial charge on any atom is -0.461 e. The first-order chi connectivity index (χ1) is 11.1. The van der Waals surface area contributed by atoms with Crippen molar-refractivity contribution in [2.75, 3.05) is 0 Å². The Bertz CT molecular complexity index is 788. The number of carbonyl (C=O) groups excluding carboxylic acids is 1. The third-order valence-corrected chi connectivity index (χ3v) is 3.29. The van der Waals surface area contributed by atoms with Crippen LogP contribution in [0, 0.1) is 12.8 Å². The number of amides is 1. The molecular weight excluding hydrogens is 300 g/mol. The normalized spacial score (nSPS) is 12.5. The van der Waals surface area contributed by atoms with E-state index < -0.39 is 11.9 Å². The number of furan rings is 1. The number of nitrogens with one attached hydrogen (secondary N) is 1. The summed E-state index contributed by atoms with van der Waals surface area (Å²) >= 11 is 0. The van der Waals surface area contributed by atoms with E-state index in [0.29, 0.717) is 17.5 Å². The summed E-state index contributed by atoms with van der Waals surface area (Å²) in [4.78, 5) is 20.7. The summed E-state index contributed by atoms with van der Waals surface area (Å²) in [5.74, 6) is 1.23. The minimum absolute atomic E-state index is 0.0535. The third kappa shape index (κ3) is 3.01. The van der Waals surface area contributed by atoms with Crippen LogP contribution in [0.3, 0.4) is 0 Å². The highest BCUT2D eigenvalue weighted by atomic mass is 16.5. The van der Waals surface area contributed by atoms with Crippen LogP contribution >= 0.6 is 0 Å². The van der Waals surface area contributed by atoms with Crippen LogP contribution in [0.1, 0.15) is 42.1 Å². The second-order valence-electron chi connectivity index (χ2n) is 5.38. The Balaban J connectivity index is 1.85. The van der Waals surface area contributed by atoms with E-state index in [0.717, 1.165) is 0 Å². The molecule has 8 heteroatoms. The number of rotatable bonds is 5. The molecule has 8 nitrogen and oxygen atoms in total. The predicted octanol–water partition coefficient (Wildman–Crippen LogP) is 2.75. The second kappa shape index (κ2) is 6.07. The van der Waals surface area contributed by atoms with Gasteiger partial charge in [-0.05, 0) is 25.0 Å². The van der Waals surface area contributed by atoms with Gasteiger partial charge in [0.05, 0.1) is 6.26 Å². The van der Waals surface area contributed by atoms with Gasteiger partial charge in [0, 0.05) is 0 Å². The molecular formula is C15H16N4O4. The van der Waals surface area contributed by atoms with Crippen molar-refractivity contribution in [3.8, 4) is 11.5 Å². The topological polar surface area (TPSA) is 107 Å². The number of hydrogen-bond donors (Lipinski definition) is 1. The van der Waals surface area contributed by atoms with Crippen molar-refractivity contribution in [3.05, 3.63) is 42.2 Å². The van der Waals surface area contributed by atoms with Crippen molar-refractivity contribution in [2.24, 2.45) is 5.92 Å². The van der Waals surface area contributed by atoms with Crippen molar-refractivity contribution in [1.82, 2.24) is 20.4 Å². The Morgan fingerprint density at radius 2 is 2.13 bits per heavy atom. The van der Waals surface area contributed by atoms with E-state index in [1.54, 1.807) is 19.1 Å². The molecule has 0 aliphatic rings. The van der Waals surface area contributed by atoms with Crippen LogP contribution in [0.2, 0.25) is 0 Å². The Morgan fingerprint density at radius 3 is 2.74 bits per heavy atom. The van der Waals surface area contributed by atoms with Crippen LogP contribution in [0.15, 0.2) is 38.1 Å². The smallest absolute Gasteiger partial charge is 0.274 e. The zero-order chi connectivity index (χ0) is 16.4. The molecule has 3 rings (SSSR count). The molecule has 120 valence electrons. The maximum Gasteiger partial charge on any atom is 0.274 e. The highest BCUT2D eigenvalue weighted by Crippen LogP contribution is 2.25. The first-order valence-corrected chi connectivity index (χ1v) is 7.14. The molecule has 1 N–H and O–H groups in total. The van der Waals surface area contributed by atoms with E-state index in [1.807, 2.05) is 13.8 Å². The number of oxazole rings is 1. The fraction of sp³-hybridized carbons (Fsp3) is 0.333. The van der Waals surface area contributed by atoms with Crippen molar-refractivity contribution in [2.45, 2.75) is 26.8 Å². The van der Waals surface area contributed by atoms with Gasteiger partial charge >= 0.3 is 0 Å². The molecule has 0 saturated carbocycles. The van der Waals surface area contributed by atoms with E-state index in [-0.39, 0.29) is 17.4 Å². The Morgan fingerprint density at radius 1 is 1.30 bits per heavy atom. The lowest BCUT2D eigenvalue weighted by Gasteiger charge is -2.17. The zero-order valence-electron chi connectivity index (χ0n) is 12.9. The lowest BCUT2D eigenvalue weighted by atomic mass is 10.0. The maximum absolute atomic E-state index is 12.6. The summed E-state index contributed by atoms with van der Waals surface area (Å²) in [5.41, 5.74) is 0.141. The van der Waals surface area contributed by atoms with Crippen LogP contribution < -0.4 is 5.32 Å². The molecule has 3 aromatic rings. The van der Waals surface area contributed by atoms with E-state index >= 15 is 0 Å². The van der Waals surface area contributed by atoms with Gasteiger partial charge in [0.25, 0.3) is 5.91 Å². The Labute approximate surface area is 131 Å². The van der Waals surface area contributed by atoms with Crippen molar-refractivity contribution in [1.29, 1.82) is 0 Å². The van der Waals surface area contributed by atoms with Gasteiger partial charge in [-0.3, -0.25) is 4.79 Å². The molecule has 0 aliphatic carbocycles. The standard InChI is InChI=1S/C15H16N4O4/c1-8(2)11(15-17-9(3)19-23-15)18-14(20)12-13(22-7-16-12)10-5-4-6-21-10/h4-8,11H,1-3H3,(H,18,20). The van der Waals surface area contributed by atoms with Crippen molar-refractivity contribution in [3.63, 3.8) is 0 Å². The SMILES string of the molecule is Cc1noc(C(NC(=O)c2ncoc2-c2ccco2)C(C)C)n1. The molecule has 1 unspecified atom stereocenters. The molecule has 0 fully saturated rings. The van der Waals surface area contributed by atoms with Gasteiger partial charge in [-0.1, -0.05) is 19.0 Å². The summed E-state index contributed by atoms with van der Waals surface area (Å²) in [6, 6.07) is 2.97. The van der Waals surface area contributed by atoms with Crippen LogP contribution in [0.25, 0.3) is 11.5 Å². The van der Waals surface area contributed by atoms with Gasteiger partial charge in [-0.15, -0.1) is 0 Å². The molecule has 3 aromatic heterocycles. The fourth-order valence-corrected chi connectivity index (χ4v) is 2.15. The Hall–Kier alpha value is -2.90. The van der Waals surface area contributed by atoms with Crippen LogP contribution in [-0.2, 0) is 0 Å². The lowest BCUT2D eigenvalue weighted by molar-refractivity contribution is 0.0909. The van der Waals surface area contributed by atoms with Crippen LogP contribution in [0.4, 0.5) is 0 Å². The molecule has 0 spiro atoms. The molecule has 1 amide bonds. The molecule has 0 radical (unpaired) electrons. The highest BCUT2D eigenvalue weighted by molar-refractivity contribution is 5.97. The van der Waals surface area contributed by atoms with E-state index in [4.69, 9.17) is 13.4 Å². The van der Waals surface area contributed by atoms with Gasteiger partial charge in [-0.25, -0.2) is 4.98 Å². The lowest BCUT2D eigenvalue weighted by Crippen LogP contribution is -2.32. The van der Waals surface area contributed by atoms with Crippen LogP contribution in [-0.4, -0.2) is 21.0 Å². The number of nitrogens with zero attached hydrogens (tertiary/aromatic N) is 3. The monoisotopic (exact) mass is 316 g/mol. The average molecular weight is 316 g/mol. The predicted molar refractivity (Wildman–Crippen MR) is 78.3 cm³/mol. The molecule has 0 aromatic carbocycles. The maximum atomic E-state index is 12.6. The summed E-state index contributed by atoms with van der Waals surface area (Å²) in [7, 11) is 0. The first-order valence-electron chi connectivity index (χ1n) is 7.14. The fourth-order valence-electron chi connectivity index (χ4n) is 2.15. The van der Waals surface area contributed by atoms with Gasteiger partial charge in [0.15, 0.2) is 23.7 Å². The summed E-state index contributed by atoms with van der Waals surface area (Å²) in [5, 5.41) is 6.61. The second-order valence-corrected chi connectivity index (χ2v) is 5.38. The van der Waals surface area contributed by atoms with E-state index in [9.17, 15) is 4.79 Å². The highest BCUT2D eigenvalue weighted by Gasteiger charge is 2.28. The number of carbonyl (C=O) groups is 1. The summed E-state index contributed by atoms with van der Waals surface area (Å²) in [6.45, 7) is 5.61. The van der Waals surface area contributed by atoms with Crippen molar-refractivity contribution < 1.29 is 18.2 Å². The van der Waals surface area contributed by atoms with Gasteiger partial charge < -0.3 is 18.7 Å². The third-order valence-electron chi connectivity index (χ3n) is 3.29. The number of aromatic nitrogens is 3. The summed E-state index contributed by atoms with van der Waals surface area (Å²) < 4.78 is 15.7. The molecule has 0 bridgehead atoms. The van der Waals surface area contributed by atoms with Crippen molar-refractivity contribution >= 4 is 5.91 Å². The molecule has 0 aliphatic heterocycles. The van der Waals surface area contributed by atoms with Crippen LogP contribution in [0.5, 0.6) is 0 Å². The molecule has 0 saturated heterocycles. The quantitative estimate of drug-likeness (QED) is 0.771. The average Bonchev–Trinajstić information content (AvgIpc) is 3.24. The largest absolute Gasteiger partial charge is 0.461 e. The number of aryl methyl sites for hydroxylation is 1. The Kier molecular flexibility index (Phi) is 3.96. The minimum atomic E-state index is -0.426. The first kappa shape index (κ1) is 15.0. The van der Waals surface area contributed by atoms with Gasteiger partial charge in [0.1, 0.15) is 6.04 Å². The molecule has 23 heavy (non-hydrogen) atoms. The molecule has 3 heterocycles. The summed E-state index contributed by atoms with van der Waals surface area (Å²) in [6.07, 6.45) is 2.70. The van der Waals surface area contributed by atoms with Gasteiger partial charge in [0.2, 0.25) is 11.7 Å². The van der Waals surface area contributed by atoms with E-state index in [2.05, 4.69) is 20.4 Å². The number of hydrogen-bond acceptors (Lipinski definition) is 7. The zero-order valence-corrected chi connectivity index (χ0v) is 12.9. The van der Waals surface area contributed by atoms with E-state index in [1.165, 1.54) is 12.7 Å². The van der Waals surface area contributed by atoms with Gasteiger partial charge in [-0.2, -0.15) is 4.98 Å². The molecule has 1 atom stereocenters.